The monoisotopic (exact) mass is 516 g/mol. The Kier molecular flexibility index (Phi) is 6.78. The maximum absolute atomic E-state index is 13.8. The maximum atomic E-state index is 13.8. The van der Waals surface area contributed by atoms with E-state index in [9.17, 15) is 13.2 Å². The summed E-state index contributed by atoms with van der Waals surface area (Å²) < 4.78 is 56.4. The lowest BCUT2D eigenvalue weighted by atomic mass is 10.1. The van der Waals surface area contributed by atoms with E-state index in [1.165, 1.54) is 30.7 Å². The lowest BCUT2D eigenvalue weighted by Crippen LogP contribution is -2.38. The highest BCUT2D eigenvalue weighted by molar-refractivity contribution is 7.89. The van der Waals surface area contributed by atoms with Crippen molar-refractivity contribution in [3.8, 4) is 23.0 Å². The van der Waals surface area contributed by atoms with Crippen molar-refractivity contribution in [3.63, 3.8) is 0 Å². The first kappa shape index (κ1) is 24.4. The number of fused-ring (bicyclic) bond motifs is 2. The molecule has 192 valence electrons. The first-order valence-corrected chi connectivity index (χ1v) is 13.1. The molecule has 5 rings (SSSR count). The average Bonchev–Trinajstić information content (AvgIpc) is 3.41. The number of aromatic nitrogens is 1. The standard InChI is InChI=1S/C25H28N2O8S/c1-31-22-11-16-10-17(25(28)26-20(16)13-23(22)32-2)14-27(15-18-4-3-7-33-18)36(29,30)19-5-6-21-24(12-19)35-9-8-34-21/h5-6,10-13,18H,3-4,7-9,14-15H2,1-2H3,(H,26,28)/t18-/m1/s1. The predicted octanol–water partition coefficient (Wildman–Crippen LogP) is 2.69. The number of ether oxygens (including phenoxy) is 5. The molecule has 36 heavy (non-hydrogen) atoms. The Morgan fingerprint density at radius 1 is 1.00 bits per heavy atom. The van der Waals surface area contributed by atoms with Gasteiger partial charge in [-0.25, -0.2) is 8.42 Å². The van der Waals surface area contributed by atoms with Crippen LogP contribution in [0.2, 0.25) is 0 Å². The molecule has 0 unspecified atom stereocenters. The minimum atomic E-state index is -3.99. The van der Waals surface area contributed by atoms with E-state index in [4.69, 9.17) is 23.7 Å². The molecule has 3 aromatic rings. The fourth-order valence-corrected chi connectivity index (χ4v) is 5.95. The Hall–Kier alpha value is -3.28. The molecule has 3 heterocycles. The van der Waals surface area contributed by atoms with Crippen LogP contribution < -0.4 is 24.5 Å². The molecule has 0 aliphatic carbocycles. The minimum Gasteiger partial charge on any atom is -0.493 e. The number of sulfonamides is 1. The number of aromatic amines is 1. The van der Waals surface area contributed by atoms with E-state index in [-0.39, 0.29) is 29.6 Å². The summed E-state index contributed by atoms with van der Waals surface area (Å²) in [6, 6.07) is 9.65. The number of hydrogen-bond donors (Lipinski definition) is 1. The third-order valence-corrected chi connectivity index (χ3v) is 8.16. The summed E-state index contributed by atoms with van der Waals surface area (Å²) in [6.07, 6.45) is 1.36. The van der Waals surface area contributed by atoms with Crippen LogP contribution in [-0.4, -0.2) is 64.4 Å². The molecular weight excluding hydrogens is 488 g/mol. The van der Waals surface area contributed by atoms with Crippen LogP contribution in [-0.2, 0) is 21.3 Å². The lowest BCUT2D eigenvalue weighted by Gasteiger charge is -2.26. The quantitative estimate of drug-likeness (QED) is 0.486. The van der Waals surface area contributed by atoms with Crippen molar-refractivity contribution in [2.75, 3.05) is 40.6 Å². The fourth-order valence-electron chi connectivity index (χ4n) is 4.48. The largest absolute Gasteiger partial charge is 0.493 e. The molecule has 0 bridgehead atoms. The second-order valence-corrected chi connectivity index (χ2v) is 10.6. The van der Waals surface area contributed by atoms with Gasteiger partial charge in [-0.1, -0.05) is 0 Å². The molecule has 1 atom stereocenters. The van der Waals surface area contributed by atoms with Crippen molar-refractivity contribution in [2.24, 2.45) is 0 Å². The molecule has 0 amide bonds. The number of nitrogens with zero attached hydrogens (tertiary/aromatic N) is 1. The molecule has 2 aromatic carbocycles. The highest BCUT2D eigenvalue weighted by atomic mass is 32.2. The summed E-state index contributed by atoms with van der Waals surface area (Å²) in [7, 11) is -0.950. The average molecular weight is 517 g/mol. The number of methoxy groups -OCH3 is 2. The van der Waals surface area contributed by atoms with Gasteiger partial charge >= 0.3 is 0 Å². The van der Waals surface area contributed by atoms with E-state index < -0.39 is 10.0 Å². The smallest absolute Gasteiger partial charge is 0.252 e. The van der Waals surface area contributed by atoms with E-state index in [1.807, 2.05) is 0 Å². The van der Waals surface area contributed by atoms with Gasteiger partial charge in [-0.3, -0.25) is 4.79 Å². The van der Waals surface area contributed by atoms with Gasteiger partial charge in [-0.2, -0.15) is 4.31 Å². The zero-order valence-electron chi connectivity index (χ0n) is 20.1. The Bertz CT molecular complexity index is 1430. The second-order valence-electron chi connectivity index (χ2n) is 8.66. The Morgan fingerprint density at radius 3 is 2.47 bits per heavy atom. The van der Waals surface area contributed by atoms with Crippen molar-refractivity contribution in [1.82, 2.24) is 9.29 Å². The van der Waals surface area contributed by atoms with Crippen molar-refractivity contribution in [1.29, 1.82) is 0 Å². The first-order valence-electron chi connectivity index (χ1n) is 11.7. The minimum absolute atomic E-state index is 0.0633. The zero-order chi connectivity index (χ0) is 25.3. The van der Waals surface area contributed by atoms with Gasteiger partial charge in [0.2, 0.25) is 10.0 Å². The Labute approximate surface area is 208 Å². The van der Waals surface area contributed by atoms with Crippen LogP contribution in [0.15, 0.2) is 46.1 Å². The van der Waals surface area contributed by atoms with Gasteiger partial charge in [0, 0.05) is 42.8 Å². The molecule has 1 saturated heterocycles. The highest BCUT2D eigenvalue weighted by Crippen LogP contribution is 2.34. The lowest BCUT2D eigenvalue weighted by molar-refractivity contribution is 0.0925. The van der Waals surface area contributed by atoms with Gasteiger partial charge < -0.3 is 28.7 Å². The Balaban J connectivity index is 1.53. The summed E-state index contributed by atoms with van der Waals surface area (Å²) >= 11 is 0. The summed E-state index contributed by atoms with van der Waals surface area (Å²) in [5.41, 5.74) is 0.472. The summed E-state index contributed by atoms with van der Waals surface area (Å²) in [5, 5.41) is 0.691. The fraction of sp³-hybridized carbons (Fsp3) is 0.400. The van der Waals surface area contributed by atoms with E-state index in [2.05, 4.69) is 4.98 Å². The van der Waals surface area contributed by atoms with Gasteiger partial charge in [0.05, 0.1) is 30.7 Å². The van der Waals surface area contributed by atoms with Crippen LogP contribution in [0.1, 0.15) is 18.4 Å². The van der Waals surface area contributed by atoms with E-state index in [0.717, 1.165) is 12.8 Å². The molecular formula is C25H28N2O8S. The normalized spacial score (nSPS) is 17.5. The second kappa shape index (κ2) is 10.00. The van der Waals surface area contributed by atoms with Crippen molar-refractivity contribution < 1.29 is 32.1 Å². The topological polar surface area (TPSA) is 116 Å². The van der Waals surface area contributed by atoms with Crippen LogP contribution in [0.4, 0.5) is 0 Å². The maximum Gasteiger partial charge on any atom is 0.252 e. The zero-order valence-corrected chi connectivity index (χ0v) is 20.9. The van der Waals surface area contributed by atoms with Crippen molar-refractivity contribution in [3.05, 3.63) is 52.3 Å². The first-order chi connectivity index (χ1) is 17.4. The number of nitrogens with one attached hydrogen (secondary N) is 1. The van der Waals surface area contributed by atoms with Crippen molar-refractivity contribution >= 4 is 20.9 Å². The number of benzene rings is 2. The van der Waals surface area contributed by atoms with Gasteiger partial charge in [0.1, 0.15) is 13.2 Å². The van der Waals surface area contributed by atoms with Crippen molar-refractivity contribution in [2.45, 2.75) is 30.4 Å². The molecule has 10 nitrogen and oxygen atoms in total. The molecule has 1 N–H and O–H groups in total. The van der Waals surface area contributed by atoms with Crippen LogP contribution in [0.5, 0.6) is 23.0 Å². The number of hydrogen-bond acceptors (Lipinski definition) is 8. The summed E-state index contributed by atoms with van der Waals surface area (Å²) in [6.45, 7) is 1.33. The Morgan fingerprint density at radius 2 is 1.75 bits per heavy atom. The highest BCUT2D eigenvalue weighted by Gasteiger charge is 2.31. The molecule has 11 heteroatoms. The van der Waals surface area contributed by atoms with Gasteiger partial charge in [0.25, 0.3) is 5.56 Å². The number of H-pyrrole nitrogens is 1. The molecule has 0 saturated carbocycles. The summed E-state index contributed by atoms with van der Waals surface area (Å²) in [4.78, 5) is 15.9. The predicted molar refractivity (Wildman–Crippen MR) is 132 cm³/mol. The molecule has 0 radical (unpaired) electrons. The van der Waals surface area contributed by atoms with Gasteiger partial charge in [-0.05, 0) is 37.1 Å². The van der Waals surface area contributed by atoms with Gasteiger partial charge in [0.15, 0.2) is 23.0 Å². The number of rotatable bonds is 8. The third-order valence-electron chi connectivity index (χ3n) is 6.35. The van der Waals surface area contributed by atoms with E-state index >= 15 is 0 Å². The molecule has 1 aromatic heterocycles. The van der Waals surface area contributed by atoms with Crippen LogP contribution in [0, 0.1) is 0 Å². The molecule has 2 aliphatic rings. The van der Waals surface area contributed by atoms with E-state index in [0.29, 0.717) is 59.3 Å². The van der Waals surface area contributed by atoms with Gasteiger partial charge in [-0.15, -0.1) is 0 Å². The number of pyridine rings is 1. The third kappa shape index (κ3) is 4.73. The SMILES string of the molecule is COc1cc2cc(CN(C[C@H]3CCCO3)S(=O)(=O)c3ccc4c(c3)OCCO4)c(=O)[nH]c2cc1OC. The van der Waals surface area contributed by atoms with Crippen LogP contribution in [0.25, 0.3) is 10.9 Å². The molecule has 0 spiro atoms. The summed E-state index contributed by atoms with van der Waals surface area (Å²) in [5.74, 6) is 1.86. The van der Waals surface area contributed by atoms with E-state index in [1.54, 1.807) is 24.3 Å². The van der Waals surface area contributed by atoms with Crippen LogP contribution in [0.3, 0.4) is 0 Å². The molecule has 2 aliphatic heterocycles. The van der Waals surface area contributed by atoms with Crippen LogP contribution >= 0.6 is 0 Å². The molecule has 1 fully saturated rings.